The van der Waals surface area contributed by atoms with Gasteiger partial charge < -0.3 is 10.3 Å². The Labute approximate surface area is 241 Å². The number of urea groups is 1. The van der Waals surface area contributed by atoms with Crippen molar-refractivity contribution < 1.29 is 14.4 Å². The van der Waals surface area contributed by atoms with E-state index >= 15 is 0 Å². The van der Waals surface area contributed by atoms with Crippen LogP contribution in [0, 0.1) is 6.92 Å². The highest BCUT2D eigenvalue weighted by atomic mass is 35.5. The molecule has 1 atom stereocenters. The number of imidazole rings is 1. The molecule has 2 aromatic carbocycles. The van der Waals surface area contributed by atoms with Crippen LogP contribution in [0.3, 0.4) is 0 Å². The van der Waals surface area contributed by atoms with Crippen LogP contribution in [0.25, 0.3) is 16.6 Å². The molecule has 1 aliphatic rings. The Kier molecular flexibility index (Phi) is 7.28. The fourth-order valence-corrected chi connectivity index (χ4v) is 5.69. The van der Waals surface area contributed by atoms with Gasteiger partial charge in [-0.1, -0.05) is 35.9 Å². The van der Waals surface area contributed by atoms with E-state index in [4.69, 9.17) is 11.6 Å². The fraction of sp³-hybridized carbons (Fsp3) is 0.258. The first-order valence-corrected chi connectivity index (χ1v) is 14.0. The highest BCUT2D eigenvalue weighted by Gasteiger charge is 2.37. The zero-order valence-electron chi connectivity index (χ0n) is 22.6. The van der Waals surface area contributed by atoms with Crippen LogP contribution in [-0.2, 0) is 24.1 Å². The quantitative estimate of drug-likeness (QED) is 0.180. The maximum atomic E-state index is 13.0. The molecule has 0 saturated carbocycles. The van der Waals surface area contributed by atoms with Crippen molar-refractivity contribution in [1.29, 1.82) is 0 Å². The molecule has 9 nitrogen and oxygen atoms in total. The van der Waals surface area contributed by atoms with Crippen LogP contribution in [0.4, 0.5) is 4.79 Å². The molecule has 3 aromatic heterocycles. The molecule has 0 spiro atoms. The predicted octanol–water partition coefficient (Wildman–Crippen LogP) is 5.08. The number of imide groups is 1. The summed E-state index contributed by atoms with van der Waals surface area (Å²) in [5.74, 6) is -0.291. The van der Waals surface area contributed by atoms with Gasteiger partial charge in [-0.3, -0.25) is 14.5 Å². The van der Waals surface area contributed by atoms with E-state index in [0.717, 1.165) is 51.8 Å². The van der Waals surface area contributed by atoms with Gasteiger partial charge in [0, 0.05) is 42.7 Å². The number of Topliss-reactive ketones (excluding diaryl/α,β-unsaturated/α-hetero) is 1. The average Bonchev–Trinajstić information content (AvgIpc) is 3.65. The van der Waals surface area contributed by atoms with E-state index in [9.17, 15) is 14.4 Å². The van der Waals surface area contributed by atoms with Crippen LogP contribution < -0.4 is 5.32 Å². The molecule has 1 saturated heterocycles. The normalized spacial score (nSPS) is 15.3. The van der Waals surface area contributed by atoms with E-state index in [-0.39, 0.29) is 24.7 Å². The topological polar surface area (TPSA) is 112 Å². The minimum Gasteiger partial charge on any atom is -0.360 e. The van der Waals surface area contributed by atoms with Crippen LogP contribution in [0.1, 0.15) is 45.6 Å². The Bertz CT molecular complexity index is 1790. The van der Waals surface area contributed by atoms with E-state index in [1.807, 2.05) is 66.3 Å². The summed E-state index contributed by atoms with van der Waals surface area (Å²) in [7, 11) is 0. The summed E-state index contributed by atoms with van der Waals surface area (Å²) in [6.07, 6.45) is 7.89. The van der Waals surface area contributed by atoms with E-state index in [1.54, 1.807) is 12.3 Å². The number of hydrogen-bond acceptors (Lipinski definition) is 5. The fourth-order valence-electron chi connectivity index (χ4n) is 5.46. The zero-order chi connectivity index (χ0) is 28.5. The Hall–Kier alpha value is -4.50. The lowest BCUT2D eigenvalue weighted by molar-refractivity contribution is -0.127. The zero-order valence-corrected chi connectivity index (χ0v) is 23.3. The van der Waals surface area contributed by atoms with Gasteiger partial charge in [-0.05, 0) is 67.1 Å². The molecule has 208 valence electrons. The number of hydrogen-bond donors (Lipinski definition) is 2. The van der Waals surface area contributed by atoms with Crippen molar-refractivity contribution in [1.82, 2.24) is 29.8 Å². The Balaban J connectivity index is 1.04. The van der Waals surface area contributed by atoms with E-state index < -0.39 is 12.1 Å². The van der Waals surface area contributed by atoms with Crippen molar-refractivity contribution in [3.05, 3.63) is 100 Å². The van der Waals surface area contributed by atoms with Crippen molar-refractivity contribution in [2.24, 2.45) is 0 Å². The Morgan fingerprint density at radius 2 is 1.95 bits per heavy atom. The first-order chi connectivity index (χ1) is 19.9. The Morgan fingerprint density at radius 1 is 1.07 bits per heavy atom. The standard InChI is InChI=1S/C31H29ClN6O3/c1-19-9-10-21(15-20(19)11-12-23-18-33-28-8-3-13-35-38(23)28)27(39)7-4-14-37-30(40)26(36-31(37)41)16-22-17-34-29-24(22)5-2-6-25(29)32/h2-3,5-6,8-10,13,15,17-18,26,34H,4,7,11-12,14,16H2,1H3,(H,36,41). The molecule has 2 N–H and O–H groups in total. The predicted molar refractivity (Wildman–Crippen MR) is 156 cm³/mol. The van der Waals surface area contributed by atoms with Gasteiger partial charge in [0.2, 0.25) is 0 Å². The van der Waals surface area contributed by atoms with Crippen molar-refractivity contribution >= 4 is 45.9 Å². The number of fused-ring (bicyclic) bond motifs is 2. The number of ketones is 1. The number of carbonyl (C=O) groups is 3. The number of aromatic nitrogens is 4. The third kappa shape index (κ3) is 5.32. The van der Waals surface area contributed by atoms with Crippen molar-refractivity contribution in [3.63, 3.8) is 0 Å². The second-order valence-electron chi connectivity index (χ2n) is 10.4. The number of benzene rings is 2. The number of amides is 3. The molecule has 1 unspecified atom stereocenters. The average molecular weight is 569 g/mol. The number of aromatic amines is 1. The largest absolute Gasteiger partial charge is 0.360 e. The van der Waals surface area contributed by atoms with Gasteiger partial charge in [-0.15, -0.1) is 0 Å². The number of nitrogens with one attached hydrogen (secondary N) is 2. The Morgan fingerprint density at radius 3 is 2.83 bits per heavy atom. The second-order valence-corrected chi connectivity index (χ2v) is 10.8. The van der Waals surface area contributed by atoms with Crippen LogP contribution in [0.15, 0.2) is 67.1 Å². The number of aryl methyl sites for hydroxylation is 3. The van der Waals surface area contributed by atoms with Gasteiger partial charge in [-0.2, -0.15) is 5.10 Å². The number of carbonyl (C=O) groups excluding carboxylic acids is 3. The van der Waals surface area contributed by atoms with Crippen molar-refractivity contribution in [2.75, 3.05) is 6.54 Å². The second kappa shape index (κ2) is 11.2. The smallest absolute Gasteiger partial charge is 0.324 e. The van der Waals surface area contributed by atoms with Crippen molar-refractivity contribution in [2.45, 2.75) is 45.1 Å². The first kappa shape index (κ1) is 26.7. The molecule has 3 amide bonds. The van der Waals surface area contributed by atoms with Crippen LogP contribution in [0.2, 0.25) is 5.02 Å². The lowest BCUT2D eigenvalue weighted by atomic mass is 9.97. The maximum Gasteiger partial charge on any atom is 0.324 e. The van der Waals surface area contributed by atoms with Gasteiger partial charge in [-0.25, -0.2) is 14.3 Å². The monoisotopic (exact) mass is 568 g/mol. The number of rotatable bonds is 10. The maximum absolute atomic E-state index is 13.0. The number of para-hydroxylation sites is 1. The van der Waals surface area contributed by atoms with E-state index in [0.29, 0.717) is 23.4 Å². The van der Waals surface area contributed by atoms with Gasteiger partial charge in [0.05, 0.1) is 22.4 Å². The number of H-pyrrole nitrogens is 1. The van der Waals surface area contributed by atoms with Gasteiger partial charge >= 0.3 is 6.03 Å². The minimum absolute atomic E-state index is 0.0120. The highest BCUT2D eigenvalue weighted by molar-refractivity contribution is 6.35. The first-order valence-electron chi connectivity index (χ1n) is 13.7. The lowest BCUT2D eigenvalue weighted by Crippen LogP contribution is -2.33. The molecule has 0 aliphatic carbocycles. The summed E-state index contributed by atoms with van der Waals surface area (Å²) in [5, 5.41) is 8.69. The third-order valence-corrected chi connectivity index (χ3v) is 8.05. The SMILES string of the molecule is Cc1ccc(C(=O)CCCN2C(=O)NC(Cc3c[nH]c4c(Cl)cccc34)C2=O)cc1CCc1cnc2cccnn12. The molecule has 6 rings (SSSR count). The summed E-state index contributed by atoms with van der Waals surface area (Å²) in [4.78, 5) is 47.4. The summed E-state index contributed by atoms with van der Waals surface area (Å²) in [6, 6.07) is 14.0. The van der Waals surface area contributed by atoms with Crippen molar-refractivity contribution in [3.8, 4) is 0 Å². The molecule has 41 heavy (non-hydrogen) atoms. The summed E-state index contributed by atoms with van der Waals surface area (Å²) in [6.45, 7) is 2.22. The molecule has 1 aliphatic heterocycles. The third-order valence-electron chi connectivity index (χ3n) is 7.74. The van der Waals surface area contributed by atoms with E-state index in [1.165, 1.54) is 4.90 Å². The molecule has 4 heterocycles. The summed E-state index contributed by atoms with van der Waals surface area (Å²) >= 11 is 6.25. The minimum atomic E-state index is -0.654. The van der Waals surface area contributed by atoms with Gasteiger partial charge in [0.15, 0.2) is 11.4 Å². The summed E-state index contributed by atoms with van der Waals surface area (Å²) < 4.78 is 1.83. The van der Waals surface area contributed by atoms with Crippen LogP contribution >= 0.6 is 11.6 Å². The molecular formula is C31H29ClN6O3. The summed E-state index contributed by atoms with van der Waals surface area (Å²) in [5.41, 5.74) is 6.38. The van der Waals surface area contributed by atoms with Crippen LogP contribution in [-0.4, -0.2) is 54.8 Å². The molecule has 10 heteroatoms. The molecule has 0 bridgehead atoms. The number of halogens is 1. The molecule has 1 fully saturated rings. The molecule has 0 radical (unpaired) electrons. The van der Waals surface area contributed by atoms with Gasteiger partial charge in [0.1, 0.15) is 6.04 Å². The van der Waals surface area contributed by atoms with Gasteiger partial charge in [0.25, 0.3) is 5.91 Å². The molecule has 5 aromatic rings. The highest BCUT2D eigenvalue weighted by Crippen LogP contribution is 2.27. The molecular weight excluding hydrogens is 540 g/mol. The lowest BCUT2D eigenvalue weighted by Gasteiger charge is -2.13. The van der Waals surface area contributed by atoms with E-state index in [2.05, 4.69) is 20.4 Å². The number of nitrogens with zero attached hydrogens (tertiary/aromatic N) is 4. The van der Waals surface area contributed by atoms with Crippen LogP contribution in [0.5, 0.6) is 0 Å².